The molecule has 0 spiro atoms. The summed E-state index contributed by atoms with van der Waals surface area (Å²) in [6.45, 7) is 5.26. The molecular weight excluding hydrogens is 367 g/mol. The highest BCUT2D eigenvalue weighted by Gasteiger charge is 2.24. The van der Waals surface area contributed by atoms with Crippen LogP contribution < -0.4 is 15.2 Å². The number of hydrazone groups is 1. The summed E-state index contributed by atoms with van der Waals surface area (Å²) in [5.74, 6) is -0.514. The normalized spacial score (nSPS) is 19.9. The largest absolute Gasteiger partial charge is 0.322 e. The fourth-order valence-corrected chi connectivity index (χ4v) is 3.35. The summed E-state index contributed by atoms with van der Waals surface area (Å²) >= 11 is 5.92. The van der Waals surface area contributed by atoms with Gasteiger partial charge in [0.2, 0.25) is 0 Å². The number of hydrogen-bond donors (Lipinski definition) is 3. The van der Waals surface area contributed by atoms with Gasteiger partial charge in [-0.05, 0) is 18.2 Å². The lowest BCUT2D eigenvalue weighted by atomic mass is 10.2. The van der Waals surface area contributed by atoms with E-state index in [1.165, 1.54) is 27.6 Å². The van der Waals surface area contributed by atoms with Crippen molar-refractivity contribution >= 4 is 23.7 Å². The van der Waals surface area contributed by atoms with Crippen LogP contribution in [0.1, 0.15) is 11.1 Å². The molecule has 2 aromatic carbocycles. The van der Waals surface area contributed by atoms with Crippen LogP contribution in [0, 0.1) is 5.82 Å². The maximum Gasteiger partial charge on any atom is 0.295 e. The van der Waals surface area contributed by atoms with E-state index in [4.69, 9.17) is 11.6 Å². The average Bonchev–Trinajstić information content (AvgIpc) is 2.67. The number of amides is 1. The van der Waals surface area contributed by atoms with Crippen molar-refractivity contribution in [2.75, 3.05) is 32.7 Å². The zero-order valence-corrected chi connectivity index (χ0v) is 15.8. The van der Waals surface area contributed by atoms with Gasteiger partial charge in [-0.2, -0.15) is 5.10 Å². The van der Waals surface area contributed by atoms with Crippen molar-refractivity contribution in [2.45, 2.75) is 6.54 Å². The quantitative estimate of drug-likeness (QED) is 0.469. The van der Waals surface area contributed by atoms with Gasteiger partial charge in [-0.25, -0.2) is 9.82 Å². The van der Waals surface area contributed by atoms with Crippen LogP contribution in [0.25, 0.3) is 0 Å². The third-order valence-corrected chi connectivity index (χ3v) is 4.99. The Morgan fingerprint density at radius 1 is 1.07 bits per heavy atom. The molecule has 0 atom stereocenters. The molecule has 3 N–H and O–H groups in total. The highest BCUT2D eigenvalue weighted by molar-refractivity contribution is 6.30. The molecule has 0 aliphatic carbocycles. The Hall–Kier alpha value is -2.28. The molecule has 1 saturated heterocycles. The molecule has 0 saturated carbocycles. The van der Waals surface area contributed by atoms with E-state index < -0.39 is 0 Å². The van der Waals surface area contributed by atoms with Crippen molar-refractivity contribution in [3.63, 3.8) is 0 Å². The van der Waals surface area contributed by atoms with Crippen LogP contribution in [0.4, 0.5) is 4.39 Å². The molecule has 0 aromatic heterocycles. The number of hydrogen-bond acceptors (Lipinski definition) is 2. The molecule has 0 unspecified atom stereocenters. The van der Waals surface area contributed by atoms with Crippen LogP contribution in [0.15, 0.2) is 53.6 Å². The van der Waals surface area contributed by atoms with Gasteiger partial charge in [0.25, 0.3) is 5.91 Å². The van der Waals surface area contributed by atoms with E-state index in [2.05, 4.69) is 22.7 Å². The maximum absolute atomic E-state index is 13.5. The summed E-state index contributed by atoms with van der Waals surface area (Å²) in [7, 11) is 0. The molecule has 3 rings (SSSR count). The first-order valence-electron chi connectivity index (χ1n) is 9.08. The molecule has 27 heavy (non-hydrogen) atoms. The van der Waals surface area contributed by atoms with Crippen LogP contribution in [0.5, 0.6) is 0 Å². The van der Waals surface area contributed by atoms with E-state index >= 15 is 0 Å². The van der Waals surface area contributed by atoms with Gasteiger partial charge in [0.15, 0.2) is 6.54 Å². The van der Waals surface area contributed by atoms with Crippen molar-refractivity contribution in [1.82, 2.24) is 5.43 Å². The molecule has 5 nitrogen and oxygen atoms in total. The second kappa shape index (κ2) is 9.60. The molecule has 2 aromatic rings. The topological polar surface area (TPSA) is 50.3 Å². The van der Waals surface area contributed by atoms with Gasteiger partial charge >= 0.3 is 0 Å². The van der Waals surface area contributed by atoms with Gasteiger partial charge in [0.1, 0.15) is 38.5 Å². The van der Waals surface area contributed by atoms with Crippen molar-refractivity contribution in [2.24, 2.45) is 5.10 Å². The van der Waals surface area contributed by atoms with Crippen LogP contribution >= 0.6 is 11.6 Å². The minimum absolute atomic E-state index is 0.154. The molecule has 1 amide bonds. The number of carbonyl (C=O) groups excluding carboxylic acids is 1. The molecule has 1 aliphatic rings. The lowest BCUT2D eigenvalue weighted by Gasteiger charge is -2.29. The Balaban J connectivity index is 1.39. The summed E-state index contributed by atoms with van der Waals surface area (Å²) in [6.07, 6.45) is 1.33. The SMILES string of the molecule is O=C(C[NH+]1CC[NH+](Cc2ccc(Cl)cc2)CC1)N/N=C\c1ccccc1F. The number of halogens is 2. The second-order valence-electron chi connectivity index (χ2n) is 6.79. The molecule has 7 heteroatoms. The zero-order valence-electron chi connectivity index (χ0n) is 15.1. The number of piperazine rings is 1. The molecule has 1 aliphatic heterocycles. The van der Waals surface area contributed by atoms with Crippen molar-refractivity contribution in [3.8, 4) is 0 Å². The second-order valence-corrected chi connectivity index (χ2v) is 7.23. The molecule has 142 valence electrons. The van der Waals surface area contributed by atoms with E-state index in [-0.39, 0.29) is 11.7 Å². The van der Waals surface area contributed by atoms with Gasteiger partial charge in [0, 0.05) is 16.1 Å². The third-order valence-electron chi connectivity index (χ3n) is 4.74. The molecule has 0 bridgehead atoms. The number of carbonyl (C=O) groups is 1. The Bertz CT molecular complexity index is 789. The first-order valence-corrected chi connectivity index (χ1v) is 9.46. The standard InChI is InChI=1S/C20H22ClFN4O/c21-18-7-5-16(6-8-18)14-25-9-11-26(12-10-25)15-20(27)24-23-13-17-3-1-2-4-19(17)22/h1-8,13H,9-12,14-15H2,(H,24,27)/p+2/b23-13-. The highest BCUT2D eigenvalue weighted by Crippen LogP contribution is 2.08. The van der Waals surface area contributed by atoms with Crippen LogP contribution in [0.3, 0.4) is 0 Å². The van der Waals surface area contributed by atoms with E-state index in [0.29, 0.717) is 12.1 Å². The summed E-state index contributed by atoms with van der Waals surface area (Å²) in [5, 5.41) is 4.61. The van der Waals surface area contributed by atoms with Gasteiger partial charge in [-0.3, -0.25) is 4.79 Å². The van der Waals surface area contributed by atoms with Crippen molar-refractivity contribution < 1.29 is 19.0 Å². The number of benzene rings is 2. The van der Waals surface area contributed by atoms with Crippen molar-refractivity contribution in [3.05, 3.63) is 70.5 Å². The van der Waals surface area contributed by atoms with Crippen LogP contribution in [-0.2, 0) is 11.3 Å². The molecule has 0 radical (unpaired) electrons. The zero-order chi connectivity index (χ0) is 19.1. The lowest BCUT2D eigenvalue weighted by molar-refractivity contribution is -1.02. The van der Waals surface area contributed by atoms with E-state index in [9.17, 15) is 9.18 Å². The smallest absolute Gasteiger partial charge is 0.295 e. The summed E-state index contributed by atoms with van der Waals surface area (Å²) < 4.78 is 13.5. The number of rotatable bonds is 6. The summed E-state index contributed by atoms with van der Waals surface area (Å²) in [5.41, 5.74) is 4.11. The Labute approximate surface area is 163 Å². The fraction of sp³-hybridized carbons (Fsp3) is 0.300. The highest BCUT2D eigenvalue weighted by atomic mass is 35.5. The van der Waals surface area contributed by atoms with Crippen LogP contribution in [0.2, 0.25) is 5.02 Å². The Morgan fingerprint density at radius 2 is 1.74 bits per heavy atom. The number of nitrogens with one attached hydrogen (secondary N) is 3. The predicted octanol–water partition coefficient (Wildman–Crippen LogP) is -0.0872. The lowest BCUT2D eigenvalue weighted by Crippen LogP contribution is -3.28. The molecule has 1 fully saturated rings. The Kier molecular flexibility index (Phi) is 6.92. The van der Waals surface area contributed by atoms with Crippen LogP contribution in [-0.4, -0.2) is 44.8 Å². The van der Waals surface area contributed by atoms with E-state index in [1.54, 1.807) is 18.2 Å². The summed E-state index contributed by atoms with van der Waals surface area (Å²) in [4.78, 5) is 14.8. The summed E-state index contributed by atoms with van der Waals surface area (Å²) in [6, 6.07) is 14.3. The molecule has 1 heterocycles. The maximum atomic E-state index is 13.5. The fourth-order valence-electron chi connectivity index (χ4n) is 3.22. The number of quaternary nitrogens is 2. The number of nitrogens with zero attached hydrogens (tertiary/aromatic N) is 1. The minimum Gasteiger partial charge on any atom is -0.322 e. The van der Waals surface area contributed by atoms with E-state index in [0.717, 1.165) is 37.7 Å². The Morgan fingerprint density at radius 3 is 2.44 bits per heavy atom. The molecular formula is C20H24ClFN4O+2. The third kappa shape index (κ3) is 6.13. The van der Waals surface area contributed by atoms with Gasteiger partial charge in [-0.15, -0.1) is 0 Å². The first kappa shape index (κ1) is 19.5. The minimum atomic E-state index is -0.360. The average molecular weight is 391 g/mol. The van der Waals surface area contributed by atoms with E-state index in [1.807, 2.05) is 12.1 Å². The van der Waals surface area contributed by atoms with Gasteiger partial charge < -0.3 is 9.80 Å². The monoisotopic (exact) mass is 390 g/mol. The van der Waals surface area contributed by atoms with Gasteiger partial charge in [-0.1, -0.05) is 41.9 Å². The predicted molar refractivity (Wildman–Crippen MR) is 104 cm³/mol. The first-order chi connectivity index (χ1) is 13.1. The van der Waals surface area contributed by atoms with Crippen molar-refractivity contribution in [1.29, 1.82) is 0 Å². The van der Waals surface area contributed by atoms with Gasteiger partial charge in [0.05, 0.1) is 6.21 Å².